The first kappa shape index (κ1) is 18.4. The Labute approximate surface area is 135 Å². The topological polar surface area (TPSA) is 166 Å². The molecular formula is C15H26N6O2+2. The summed E-state index contributed by atoms with van der Waals surface area (Å²) in [5, 5.41) is 2.66. The summed E-state index contributed by atoms with van der Waals surface area (Å²) < 4.78 is 0. The van der Waals surface area contributed by atoms with Crippen molar-refractivity contribution in [2.24, 2.45) is 17.2 Å². The molecule has 8 nitrogen and oxygen atoms in total. The summed E-state index contributed by atoms with van der Waals surface area (Å²) >= 11 is 0. The van der Waals surface area contributed by atoms with Gasteiger partial charge in [0.05, 0.1) is 6.54 Å². The monoisotopic (exact) mass is 322 g/mol. The highest BCUT2D eigenvalue weighted by atomic mass is 16.2. The summed E-state index contributed by atoms with van der Waals surface area (Å²) in [5.41, 5.74) is 20.7. The van der Waals surface area contributed by atoms with E-state index in [1.165, 1.54) is 0 Å². The van der Waals surface area contributed by atoms with E-state index in [1.54, 1.807) is 0 Å². The number of benzene rings is 1. The maximum Gasteiger partial charge on any atom is 0.338 e. The minimum Gasteiger partial charge on any atom is -0.368 e. The fourth-order valence-electron chi connectivity index (χ4n) is 2.07. The molecule has 2 amide bonds. The Kier molecular flexibility index (Phi) is 7.55. The predicted molar refractivity (Wildman–Crippen MR) is 86.4 cm³/mol. The second-order valence-corrected chi connectivity index (χ2v) is 5.37. The quantitative estimate of drug-likeness (QED) is 0.155. The van der Waals surface area contributed by atoms with Gasteiger partial charge in [-0.25, -0.2) is 0 Å². The fourth-order valence-corrected chi connectivity index (χ4v) is 2.07. The van der Waals surface area contributed by atoms with Crippen molar-refractivity contribution in [1.82, 2.24) is 5.32 Å². The van der Waals surface area contributed by atoms with Crippen LogP contribution in [0, 0.1) is 0 Å². The molecule has 0 saturated heterocycles. The van der Waals surface area contributed by atoms with Gasteiger partial charge in [-0.05, 0) is 12.0 Å². The zero-order chi connectivity index (χ0) is 17.2. The third-order valence-electron chi connectivity index (χ3n) is 3.37. The second kappa shape index (κ2) is 9.42. The molecule has 0 spiro atoms. The number of quaternary nitrogens is 1. The van der Waals surface area contributed by atoms with E-state index in [2.05, 4.69) is 16.0 Å². The van der Waals surface area contributed by atoms with Gasteiger partial charge >= 0.3 is 5.96 Å². The molecule has 0 fully saturated rings. The Hall–Kier alpha value is -2.61. The lowest BCUT2D eigenvalue weighted by atomic mass is 10.0. The minimum absolute atomic E-state index is 0.145. The zero-order valence-corrected chi connectivity index (χ0v) is 13.1. The molecule has 2 atom stereocenters. The van der Waals surface area contributed by atoms with Gasteiger partial charge in [0.1, 0.15) is 6.04 Å². The highest BCUT2D eigenvalue weighted by molar-refractivity contribution is 5.88. The summed E-state index contributed by atoms with van der Waals surface area (Å²) in [7, 11) is 0. The predicted octanol–water partition coefficient (Wildman–Crippen LogP) is -4.06. The van der Waals surface area contributed by atoms with E-state index in [1.807, 2.05) is 30.3 Å². The normalized spacial score (nSPS) is 12.9. The Morgan fingerprint density at radius 3 is 2.39 bits per heavy atom. The van der Waals surface area contributed by atoms with Gasteiger partial charge in [-0.2, -0.15) is 0 Å². The number of hydrogen-bond acceptors (Lipinski definition) is 2. The molecule has 11 N–H and O–H groups in total. The number of hydrogen-bond donors (Lipinski definition) is 6. The average Bonchev–Trinajstić information content (AvgIpc) is 2.51. The zero-order valence-electron chi connectivity index (χ0n) is 13.1. The number of carbonyl (C=O) groups is 2. The molecule has 0 aliphatic rings. The molecule has 1 rings (SSSR count). The van der Waals surface area contributed by atoms with E-state index in [-0.39, 0.29) is 11.9 Å². The van der Waals surface area contributed by atoms with Crippen LogP contribution in [-0.4, -0.2) is 36.4 Å². The van der Waals surface area contributed by atoms with E-state index in [9.17, 15) is 9.59 Å². The summed E-state index contributed by atoms with van der Waals surface area (Å²) in [6, 6.07) is 8.15. The molecule has 23 heavy (non-hydrogen) atoms. The van der Waals surface area contributed by atoms with Crippen LogP contribution in [0.4, 0.5) is 0 Å². The van der Waals surface area contributed by atoms with Gasteiger partial charge in [0.2, 0.25) is 5.91 Å². The van der Waals surface area contributed by atoms with Crippen molar-refractivity contribution in [3.05, 3.63) is 35.9 Å². The van der Waals surface area contributed by atoms with Crippen LogP contribution in [0.5, 0.6) is 0 Å². The van der Waals surface area contributed by atoms with E-state index in [4.69, 9.17) is 17.2 Å². The van der Waals surface area contributed by atoms with Gasteiger partial charge in [-0.15, -0.1) is 0 Å². The highest BCUT2D eigenvalue weighted by Gasteiger charge is 2.24. The van der Waals surface area contributed by atoms with Gasteiger partial charge in [-0.1, -0.05) is 30.3 Å². The number of nitrogens with two attached hydrogens (primary N) is 3. The summed E-state index contributed by atoms with van der Waals surface area (Å²) in [5.74, 6) is -0.720. The number of primary amides is 1. The number of guanidine groups is 1. The van der Waals surface area contributed by atoms with E-state index < -0.39 is 18.0 Å². The first-order valence-electron chi connectivity index (χ1n) is 7.48. The van der Waals surface area contributed by atoms with Crippen LogP contribution in [0.15, 0.2) is 30.3 Å². The van der Waals surface area contributed by atoms with E-state index in [0.717, 1.165) is 5.56 Å². The summed E-state index contributed by atoms with van der Waals surface area (Å²) in [4.78, 5) is 26.4. The SMILES string of the molecule is NC(=O)[C@H](Cc1ccccc1)NC(=O)[C@@H]([NH3+])CCC[NH+]=C(N)N. The lowest BCUT2D eigenvalue weighted by Gasteiger charge is -2.17. The van der Waals surface area contributed by atoms with Crippen molar-refractivity contribution < 1.29 is 20.3 Å². The molecule has 0 aliphatic carbocycles. The molecule has 0 heterocycles. The first-order valence-corrected chi connectivity index (χ1v) is 7.48. The van der Waals surface area contributed by atoms with Crippen LogP contribution in [-0.2, 0) is 16.0 Å². The van der Waals surface area contributed by atoms with Crippen LogP contribution < -0.4 is 33.2 Å². The molecule has 126 valence electrons. The van der Waals surface area contributed by atoms with E-state index >= 15 is 0 Å². The Morgan fingerprint density at radius 2 is 1.83 bits per heavy atom. The molecule has 0 bridgehead atoms. The molecule has 0 unspecified atom stereocenters. The van der Waals surface area contributed by atoms with Crippen molar-refractivity contribution in [3.8, 4) is 0 Å². The maximum atomic E-state index is 12.1. The molecule has 1 aromatic rings. The molecule has 0 saturated carbocycles. The van der Waals surface area contributed by atoms with Crippen LogP contribution in [0.3, 0.4) is 0 Å². The van der Waals surface area contributed by atoms with Gasteiger partial charge < -0.3 is 16.8 Å². The van der Waals surface area contributed by atoms with Crippen LogP contribution in [0.25, 0.3) is 0 Å². The third-order valence-corrected chi connectivity index (χ3v) is 3.37. The van der Waals surface area contributed by atoms with Crippen molar-refractivity contribution >= 4 is 17.8 Å². The second-order valence-electron chi connectivity index (χ2n) is 5.37. The Morgan fingerprint density at radius 1 is 1.17 bits per heavy atom. The molecule has 8 heteroatoms. The van der Waals surface area contributed by atoms with Crippen LogP contribution in [0.2, 0.25) is 0 Å². The minimum atomic E-state index is -0.750. The van der Waals surface area contributed by atoms with Crippen LogP contribution >= 0.6 is 0 Å². The molecular weight excluding hydrogens is 296 g/mol. The number of nitrogens with one attached hydrogen (secondary N) is 2. The number of rotatable bonds is 9. The lowest BCUT2D eigenvalue weighted by molar-refractivity contribution is -0.463. The number of amides is 2. The first-order chi connectivity index (χ1) is 10.9. The van der Waals surface area contributed by atoms with Gasteiger partial charge in [-0.3, -0.25) is 26.0 Å². The average molecular weight is 322 g/mol. The van der Waals surface area contributed by atoms with Gasteiger partial charge in [0.15, 0.2) is 6.04 Å². The van der Waals surface area contributed by atoms with Crippen molar-refractivity contribution in [2.45, 2.75) is 31.3 Å². The third kappa shape index (κ3) is 7.28. The maximum absolute atomic E-state index is 12.1. The van der Waals surface area contributed by atoms with E-state index in [0.29, 0.717) is 25.8 Å². The Bertz CT molecular complexity index is 542. The van der Waals surface area contributed by atoms with Crippen molar-refractivity contribution in [3.63, 3.8) is 0 Å². The standard InChI is InChI=1S/C15H24N6O2/c16-11(7-4-8-20-15(18)19)14(23)21-12(13(17)22)9-10-5-2-1-3-6-10/h1-3,5-6,11-12H,4,7-9,16H2,(H2,17,22)(H,21,23)(H4,18,19,20)/p+2/t11-,12-/m0/s1. The van der Waals surface area contributed by atoms with Gasteiger partial charge in [0, 0.05) is 12.8 Å². The fraction of sp³-hybridized carbons (Fsp3) is 0.400. The van der Waals surface area contributed by atoms with Gasteiger partial charge in [0.25, 0.3) is 5.91 Å². The lowest BCUT2D eigenvalue weighted by Crippen LogP contribution is -2.78. The Balaban J connectivity index is 2.50. The molecule has 0 aromatic heterocycles. The summed E-state index contributed by atoms with van der Waals surface area (Å²) in [6.07, 6.45) is 1.58. The smallest absolute Gasteiger partial charge is 0.338 e. The molecule has 0 radical (unpaired) electrons. The van der Waals surface area contributed by atoms with Crippen molar-refractivity contribution in [2.75, 3.05) is 6.54 Å². The summed E-state index contributed by atoms with van der Waals surface area (Å²) in [6.45, 7) is 0.560. The largest absolute Gasteiger partial charge is 0.368 e. The highest BCUT2D eigenvalue weighted by Crippen LogP contribution is 2.03. The number of carbonyl (C=O) groups excluding carboxylic acids is 2. The molecule has 0 aliphatic heterocycles. The van der Waals surface area contributed by atoms with Crippen molar-refractivity contribution in [1.29, 1.82) is 0 Å². The van der Waals surface area contributed by atoms with Crippen LogP contribution in [0.1, 0.15) is 18.4 Å². The molecule has 1 aromatic carbocycles.